The highest BCUT2D eigenvalue weighted by Gasteiger charge is 2.41. The number of benzene rings is 2. The van der Waals surface area contributed by atoms with Gasteiger partial charge in [-0.1, -0.05) is 11.6 Å². The Bertz CT molecular complexity index is 1050. The lowest BCUT2D eigenvalue weighted by atomic mass is 10.1. The Morgan fingerprint density at radius 1 is 1.31 bits per heavy atom. The van der Waals surface area contributed by atoms with Crippen molar-refractivity contribution in [3.63, 3.8) is 0 Å². The minimum absolute atomic E-state index is 0.0576. The zero-order valence-corrected chi connectivity index (χ0v) is 18.0. The lowest BCUT2D eigenvalue weighted by Gasteiger charge is -2.21. The van der Waals surface area contributed by atoms with Crippen LogP contribution in [0.4, 0.5) is 4.39 Å². The molecule has 3 rings (SSSR count). The van der Waals surface area contributed by atoms with E-state index in [0.29, 0.717) is 9.50 Å². The Balaban J connectivity index is 0.000000253. The van der Waals surface area contributed by atoms with Gasteiger partial charge in [0.15, 0.2) is 0 Å². The molecule has 29 heavy (non-hydrogen) atoms. The van der Waals surface area contributed by atoms with Crippen molar-refractivity contribution in [3.05, 3.63) is 57.3 Å². The third-order valence-corrected chi connectivity index (χ3v) is 7.23. The summed E-state index contributed by atoms with van der Waals surface area (Å²) in [5.74, 6) is -0.862. The molecule has 11 heteroatoms. The largest absolute Gasteiger partial charge is 0.508 e. The summed E-state index contributed by atoms with van der Waals surface area (Å²) in [6.07, 6.45) is 0.216. The molecule has 1 saturated heterocycles. The lowest BCUT2D eigenvalue weighted by molar-refractivity contribution is -0.000735. The second-order valence-electron chi connectivity index (χ2n) is 6.32. The number of hydrogen-bond donors (Lipinski definition) is 3. The smallest absolute Gasteiger partial charge is 0.244 e. The van der Waals surface area contributed by atoms with Gasteiger partial charge >= 0.3 is 0 Å². The van der Waals surface area contributed by atoms with Crippen molar-refractivity contribution in [2.75, 3.05) is 19.7 Å². The molecule has 1 atom stereocenters. The van der Waals surface area contributed by atoms with E-state index in [1.165, 1.54) is 30.3 Å². The Morgan fingerprint density at radius 3 is 2.52 bits per heavy atom. The summed E-state index contributed by atoms with van der Waals surface area (Å²) in [7, 11) is -3.71. The summed E-state index contributed by atoms with van der Waals surface area (Å²) in [6.45, 7) is -0.393. The average Bonchev–Trinajstić information content (AvgIpc) is 3.06. The summed E-state index contributed by atoms with van der Waals surface area (Å²) in [6, 6.07) is 9.44. The van der Waals surface area contributed by atoms with Gasteiger partial charge in [0, 0.05) is 28.7 Å². The van der Waals surface area contributed by atoms with Crippen molar-refractivity contribution in [1.82, 2.24) is 4.31 Å². The van der Waals surface area contributed by atoms with E-state index in [2.05, 4.69) is 15.9 Å². The summed E-state index contributed by atoms with van der Waals surface area (Å²) < 4.78 is 38.9. The molecule has 0 amide bonds. The van der Waals surface area contributed by atoms with Gasteiger partial charge in [0.25, 0.3) is 0 Å². The van der Waals surface area contributed by atoms with Crippen molar-refractivity contribution >= 4 is 37.6 Å². The van der Waals surface area contributed by atoms with Gasteiger partial charge in [-0.3, -0.25) is 0 Å². The van der Waals surface area contributed by atoms with Crippen LogP contribution in [0, 0.1) is 17.1 Å². The Kier molecular flexibility index (Phi) is 7.62. The fourth-order valence-electron chi connectivity index (χ4n) is 2.57. The van der Waals surface area contributed by atoms with Crippen LogP contribution in [0.25, 0.3) is 0 Å². The van der Waals surface area contributed by atoms with Crippen LogP contribution in [-0.4, -0.2) is 53.3 Å². The molecule has 156 valence electrons. The minimum atomic E-state index is -3.71. The van der Waals surface area contributed by atoms with Crippen molar-refractivity contribution in [2.24, 2.45) is 0 Å². The molecule has 0 bridgehead atoms. The predicted molar refractivity (Wildman–Crippen MR) is 107 cm³/mol. The first-order chi connectivity index (χ1) is 13.5. The molecule has 0 spiro atoms. The zero-order chi connectivity index (χ0) is 21.8. The first-order valence-electron chi connectivity index (χ1n) is 8.19. The minimum Gasteiger partial charge on any atom is -0.508 e. The molecule has 1 fully saturated rings. The monoisotopic (exact) mass is 506 g/mol. The lowest BCUT2D eigenvalue weighted by Crippen LogP contribution is -2.38. The molecule has 0 radical (unpaired) electrons. The van der Waals surface area contributed by atoms with Gasteiger partial charge in [0.05, 0.1) is 17.1 Å². The maximum Gasteiger partial charge on any atom is 0.244 e. The van der Waals surface area contributed by atoms with Crippen LogP contribution in [0.3, 0.4) is 0 Å². The Morgan fingerprint density at radius 2 is 2.00 bits per heavy atom. The first-order valence-corrected chi connectivity index (χ1v) is 10.8. The predicted octanol–water partition coefficient (Wildman–Crippen LogP) is 2.62. The standard InChI is InChI=1S/C11H13BrClNO4S.C7H4FNO/c12-9-5-8(13)1-2-10(9)19(17,18)14-4-3-11(16,6-14)7-15;8-7-3-6(10)2-1-5(7)4-9/h1-2,5,15-16H,3-4,6-7H2;1-3,10H. The second-order valence-corrected chi connectivity index (χ2v) is 9.52. The maximum absolute atomic E-state index is 12.5. The fourth-order valence-corrected chi connectivity index (χ4v) is 5.43. The average molecular weight is 508 g/mol. The van der Waals surface area contributed by atoms with Gasteiger partial charge in [-0.2, -0.15) is 9.57 Å². The molecule has 3 N–H and O–H groups in total. The number of phenols is 1. The summed E-state index contributed by atoms with van der Waals surface area (Å²) in [5.41, 5.74) is -1.41. The van der Waals surface area contributed by atoms with E-state index < -0.39 is 28.0 Å². The highest BCUT2D eigenvalue weighted by Crippen LogP contribution is 2.31. The number of aliphatic hydroxyl groups excluding tert-OH is 1. The highest BCUT2D eigenvalue weighted by atomic mass is 79.9. The summed E-state index contributed by atoms with van der Waals surface area (Å²) in [5, 5.41) is 36.3. The van der Waals surface area contributed by atoms with Crippen molar-refractivity contribution in [2.45, 2.75) is 16.9 Å². The van der Waals surface area contributed by atoms with Gasteiger partial charge in [-0.15, -0.1) is 0 Å². The third kappa shape index (κ3) is 5.66. The highest BCUT2D eigenvalue weighted by molar-refractivity contribution is 9.10. The Hall–Kier alpha value is -1.74. The number of rotatable bonds is 3. The van der Waals surface area contributed by atoms with Crippen molar-refractivity contribution in [3.8, 4) is 11.8 Å². The molecule has 1 aliphatic rings. The van der Waals surface area contributed by atoms with Crippen LogP contribution in [0.15, 0.2) is 45.8 Å². The second kappa shape index (κ2) is 9.38. The molecule has 2 aromatic carbocycles. The number of hydrogen-bond acceptors (Lipinski definition) is 6. The van der Waals surface area contributed by atoms with E-state index in [9.17, 15) is 17.9 Å². The number of phenolic OH excluding ortho intramolecular Hbond substituents is 1. The zero-order valence-electron chi connectivity index (χ0n) is 14.9. The molecule has 0 saturated carbocycles. The van der Waals surface area contributed by atoms with Gasteiger partial charge in [0.2, 0.25) is 10.0 Å². The van der Waals surface area contributed by atoms with E-state index in [0.717, 1.165) is 10.4 Å². The molecule has 1 aliphatic heterocycles. The van der Waals surface area contributed by atoms with E-state index in [1.54, 1.807) is 6.07 Å². The topological polar surface area (TPSA) is 122 Å². The maximum atomic E-state index is 12.5. The van der Waals surface area contributed by atoms with E-state index in [-0.39, 0.29) is 35.7 Å². The number of aromatic hydroxyl groups is 1. The van der Waals surface area contributed by atoms with Crippen LogP contribution >= 0.6 is 27.5 Å². The summed E-state index contributed by atoms with van der Waals surface area (Å²) >= 11 is 8.96. The quantitative estimate of drug-likeness (QED) is 0.587. The molecular weight excluding hydrogens is 491 g/mol. The normalized spacial score (nSPS) is 19.3. The number of nitrogens with zero attached hydrogens (tertiary/aromatic N) is 2. The third-order valence-electron chi connectivity index (χ3n) is 4.18. The molecule has 7 nitrogen and oxygen atoms in total. The van der Waals surface area contributed by atoms with E-state index in [4.69, 9.17) is 27.1 Å². The van der Waals surface area contributed by atoms with Gasteiger partial charge < -0.3 is 15.3 Å². The molecule has 0 aromatic heterocycles. The molecule has 1 heterocycles. The number of β-amino-alcohol motifs (C(OH)–C–C–N with tert-alkyl or cyclic N) is 1. The first kappa shape index (κ1) is 23.5. The van der Waals surface area contributed by atoms with Gasteiger partial charge in [-0.25, -0.2) is 12.8 Å². The van der Waals surface area contributed by atoms with Crippen LogP contribution in [0.2, 0.25) is 5.02 Å². The summed E-state index contributed by atoms with van der Waals surface area (Å²) in [4.78, 5) is 0.0964. The SMILES string of the molecule is N#Cc1ccc(O)cc1F.O=S(=O)(c1ccc(Cl)cc1Br)N1CCC(O)(CO)C1. The fraction of sp³-hybridized carbons (Fsp3) is 0.278. The van der Waals surface area contributed by atoms with Crippen molar-refractivity contribution < 1.29 is 28.1 Å². The molecular formula is C18H17BrClFN2O5S. The molecule has 2 aromatic rings. The van der Waals surface area contributed by atoms with Crippen LogP contribution in [0.1, 0.15) is 12.0 Å². The number of nitriles is 1. The van der Waals surface area contributed by atoms with Crippen LogP contribution in [-0.2, 0) is 10.0 Å². The van der Waals surface area contributed by atoms with E-state index in [1.807, 2.05) is 0 Å². The molecule has 1 unspecified atom stereocenters. The van der Waals surface area contributed by atoms with Crippen LogP contribution in [0.5, 0.6) is 5.75 Å². The molecule has 0 aliphatic carbocycles. The van der Waals surface area contributed by atoms with Crippen molar-refractivity contribution in [1.29, 1.82) is 5.26 Å². The van der Waals surface area contributed by atoms with Crippen LogP contribution < -0.4 is 0 Å². The number of halogens is 3. The number of sulfonamides is 1. The Labute approximate surface area is 180 Å². The van der Waals surface area contributed by atoms with Gasteiger partial charge in [0.1, 0.15) is 23.2 Å². The van der Waals surface area contributed by atoms with Gasteiger partial charge in [-0.05, 0) is 52.7 Å². The number of aliphatic hydroxyl groups is 2. The van der Waals surface area contributed by atoms with E-state index >= 15 is 0 Å².